The predicted molar refractivity (Wildman–Crippen MR) is 82.9 cm³/mol. The van der Waals surface area contributed by atoms with Crippen molar-refractivity contribution in [3.8, 4) is 0 Å². The molecule has 106 valence electrons. The van der Waals surface area contributed by atoms with Crippen molar-refractivity contribution in [3.63, 3.8) is 0 Å². The first-order valence-electron chi connectivity index (χ1n) is 7.68. The Hall–Kier alpha value is -0.640. The number of imidazole rings is 1. The Balaban J connectivity index is 1.63. The molecule has 3 nitrogen and oxygen atoms in total. The molecule has 1 saturated carbocycles. The first kappa shape index (κ1) is 13.3. The van der Waals surface area contributed by atoms with Crippen LogP contribution in [0.4, 0.5) is 5.95 Å². The molecular formula is C15H25N3S. The topological polar surface area (TPSA) is 29.9 Å². The highest BCUT2D eigenvalue weighted by molar-refractivity contribution is 8.00. The Bertz CT molecular complexity index is 403. The minimum absolute atomic E-state index is 0.406. The molecule has 1 aromatic heterocycles. The molecule has 4 heteroatoms. The van der Waals surface area contributed by atoms with Crippen LogP contribution in [0.2, 0.25) is 0 Å². The standard InChI is InChI=1S/C15H25N3S/c1-15(8-5-11-19-15)12-17-14-16-9-10-18(14)13-6-3-2-4-7-13/h9-10,13H,2-8,11-12H2,1H3,(H,16,17). The van der Waals surface area contributed by atoms with E-state index in [1.807, 2.05) is 6.20 Å². The number of rotatable bonds is 4. The molecule has 19 heavy (non-hydrogen) atoms. The highest BCUT2D eigenvalue weighted by Crippen LogP contribution is 2.38. The van der Waals surface area contributed by atoms with Crippen LogP contribution in [0.5, 0.6) is 0 Å². The van der Waals surface area contributed by atoms with Crippen molar-refractivity contribution in [2.24, 2.45) is 0 Å². The van der Waals surface area contributed by atoms with Crippen LogP contribution in [-0.4, -0.2) is 26.6 Å². The van der Waals surface area contributed by atoms with Gasteiger partial charge in [0.1, 0.15) is 0 Å². The van der Waals surface area contributed by atoms with Gasteiger partial charge in [0, 0.05) is 29.7 Å². The van der Waals surface area contributed by atoms with Gasteiger partial charge in [-0.25, -0.2) is 4.98 Å². The van der Waals surface area contributed by atoms with Gasteiger partial charge in [-0.05, 0) is 38.4 Å². The summed E-state index contributed by atoms with van der Waals surface area (Å²) in [4.78, 5) is 4.53. The minimum Gasteiger partial charge on any atom is -0.354 e. The third-order valence-corrected chi connectivity index (χ3v) is 6.10. The summed E-state index contributed by atoms with van der Waals surface area (Å²) in [5, 5.41) is 3.60. The van der Waals surface area contributed by atoms with E-state index in [2.05, 4.69) is 39.8 Å². The molecule has 0 bridgehead atoms. The Morgan fingerprint density at radius 3 is 2.95 bits per heavy atom. The van der Waals surface area contributed by atoms with Crippen molar-refractivity contribution in [2.75, 3.05) is 17.6 Å². The number of thioether (sulfide) groups is 1. The molecule has 0 aromatic carbocycles. The van der Waals surface area contributed by atoms with Gasteiger partial charge in [-0.2, -0.15) is 11.8 Å². The molecule has 2 fully saturated rings. The van der Waals surface area contributed by atoms with Crippen LogP contribution in [-0.2, 0) is 0 Å². The Kier molecular flexibility index (Phi) is 4.06. The second-order valence-electron chi connectivity index (χ2n) is 6.21. The van der Waals surface area contributed by atoms with E-state index in [1.54, 1.807) is 0 Å². The van der Waals surface area contributed by atoms with Crippen LogP contribution in [0.15, 0.2) is 12.4 Å². The maximum atomic E-state index is 4.53. The van der Waals surface area contributed by atoms with Gasteiger partial charge in [0.2, 0.25) is 5.95 Å². The second-order valence-corrected chi connectivity index (χ2v) is 7.89. The molecule has 2 heterocycles. The lowest BCUT2D eigenvalue weighted by molar-refractivity contribution is 0.355. The highest BCUT2D eigenvalue weighted by Gasteiger charge is 2.29. The fraction of sp³-hybridized carbons (Fsp3) is 0.800. The van der Waals surface area contributed by atoms with E-state index < -0.39 is 0 Å². The van der Waals surface area contributed by atoms with Gasteiger partial charge in [-0.3, -0.25) is 0 Å². The van der Waals surface area contributed by atoms with Crippen LogP contribution in [0, 0.1) is 0 Å². The van der Waals surface area contributed by atoms with Crippen molar-refractivity contribution in [2.45, 2.75) is 62.7 Å². The van der Waals surface area contributed by atoms with E-state index in [9.17, 15) is 0 Å². The summed E-state index contributed by atoms with van der Waals surface area (Å²) in [6, 6.07) is 0.669. The first-order valence-corrected chi connectivity index (χ1v) is 8.66. The number of hydrogen-bond donors (Lipinski definition) is 1. The van der Waals surface area contributed by atoms with Gasteiger partial charge in [0.05, 0.1) is 0 Å². The number of anilines is 1. The smallest absolute Gasteiger partial charge is 0.203 e. The molecule has 0 amide bonds. The molecule has 1 saturated heterocycles. The Morgan fingerprint density at radius 2 is 2.21 bits per heavy atom. The molecule has 1 aliphatic carbocycles. The summed E-state index contributed by atoms with van der Waals surface area (Å²) in [5.74, 6) is 2.40. The molecule has 1 N–H and O–H groups in total. The van der Waals surface area contributed by atoms with Crippen molar-refractivity contribution >= 4 is 17.7 Å². The van der Waals surface area contributed by atoms with Crippen molar-refractivity contribution in [1.29, 1.82) is 0 Å². The Labute approximate surface area is 120 Å². The number of nitrogens with zero attached hydrogens (tertiary/aromatic N) is 2. The summed E-state index contributed by atoms with van der Waals surface area (Å²) < 4.78 is 2.78. The third kappa shape index (κ3) is 3.10. The molecule has 1 atom stereocenters. The zero-order valence-electron chi connectivity index (χ0n) is 11.9. The van der Waals surface area contributed by atoms with Crippen molar-refractivity contribution in [3.05, 3.63) is 12.4 Å². The SMILES string of the molecule is CC1(CNc2nccn2C2CCCCC2)CCCS1. The van der Waals surface area contributed by atoms with Crippen molar-refractivity contribution < 1.29 is 0 Å². The summed E-state index contributed by atoms with van der Waals surface area (Å²) >= 11 is 2.11. The van der Waals surface area contributed by atoms with Crippen molar-refractivity contribution in [1.82, 2.24) is 9.55 Å². The second kappa shape index (κ2) is 5.78. The van der Waals surface area contributed by atoms with Crippen LogP contribution in [0.1, 0.15) is 57.9 Å². The summed E-state index contributed by atoms with van der Waals surface area (Å²) in [5.41, 5.74) is 0. The largest absolute Gasteiger partial charge is 0.354 e. The van der Waals surface area contributed by atoms with E-state index >= 15 is 0 Å². The first-order chi connectivity index (χ1) is 9.27. The molecule has 0 radical (unpaired) electrons. The summed E-state index contributed by atoms with van der Waals surface area (Å²) in [6.07, 6.45) is 13.6. The fourth-order valence-electron chi connectivity index (χ4n) is 3.35. The molecular weight excluding hydrogens is 254 g/mol. The number of aromatic nitrogens is 2. The normalized spacial score (nSPS) is 28.7. The predicted octanol–water partition coefficient (Wildman–Crippen LogP) is 4.09. The van der Waals surface area contributed by atoms with Gasteiger partial charge in [-0.15, -0.1) is 0 Å². The van der Waals surface area contributed by atoms with E-state index in [-0.39, 0.29) is 0 Å². The van der Waals surface area contributed by atoms with Crippen LogP contribution in [0.3, 0.4) is 0 Å². The van der Waals surface area contributed by atoms with Crippen LogP contribution < -0.4 is 5.32 Å². The molecule has 1 unspecified atom stereocenters. The molecule has 2 aliphatic rings. The van der Waals surface area contributed by atoms with Gasteiger partial charge >= 0.3 is 0 Å². The van der Waals surface area contributed by atoms with E-state index in [0.717, 1.165) is 12.5 Å². The average Bonchev–Trinajstić information content (AvgIpc) is 3.07. The van der Waals surface area contributed by atoms with E-state index in [4.69, 9.17) is 0 Å². The van der Waals surface area contributed by atoms with Crippen LogP contribution in [0.25, 0.3) is 0 Å². The van der Waals surface area contributed by atoms with Gasteiger partial charge in [0.15, 0.2) is 0 Å². The monoisotopic (exact) mass is 279 g/mol. The van der Waals surface area contributed by atoms with Gasteiger partial charge in [-0.1, -0.05) is 19.3 Å². The maximum Gasteiger partial charge on any atom is 0.203 e. The van der Waals surface area contributed by atoms with Crippen LogP contribution >= 0.6 is 11.8 Å². The molecule has 3 rings (SSSR count). The molecule has 0 spiro atoms. The average molecular weight is 279 g/mol. The summed E-state index contributed by atoms with van der Waals surface area (Å²) in [6.45, 7) is 3.42. The third-order valence-electron chi connectivity index (χ3n) is 4.56. The lowest BCUT2D eigenvalue weighted by Gasteiger charge is -2.27. The van der Waals surface area contributed by atoms with E-state index in [1.165, 1.54) is 50.7 Å². The molecule has 1 aliphatic heterocycles. The van der Waals surface area contributed by atoms with Gasteiger partial charge in [0.25, 0.3) is 0 Å². The fourth-order valence-corrected chi connectivity index (χ4v) is 4.59. The lowest BCUT2D eigenvalue weighted by Crippen LogP contribution is -2.28. The summed E-state index contributed by atoms with van der Waals surface area (Å²) in [7, 11) is 0. The quantitative estimate of drug-likeness (QED) is 0.900. The minimum atomic E-state index is 0.406. The number of hydrogen-bond acceptors (Lipinski definition) is 3. The zero-order chi connectivity index (χ0) is 13.1. The lowest BCUT2D eigenvalue weighted by atomic mass is 9.95. The zero-order valence-corrected chi connectivity index (χ0v) is 12.7. The highest BCUT2D eigenvalue weighted by atomic mass is 32.2. The van der Waals surface area contributed by atoms with E-state index in [0.29, 0.717) is 10.8 Å². The number of nitrogens with one attached hydrogen (secondary N) is 1. The maximum absolute atomic E-state index is 4.53. The van der Waals surface area contributed by atoms with Gasteiger partial charge < -0.3 is 9.88 Å². The Morgan fingerprint density at radius 1 is 1.37 bits per heavy atom. The molecule has 1 aromatic rings.